The summed E-state index contributed by atoms with van der Waals surface area (Å²) in [5.41, 5.74) is 4.02. The van der Waals surface area contributed by atoms with E-state index in [9.17, 15) is 0 Å². The Morgan fingerprint density at radius 1 is 0.550 bits per heavy atom. The molecule has 0 aliphatic rings. The number of hydrogen-bond acceptors (Lipinski definition) is 6. The molecule has 3 aromatic heterocycles. The van der Waals surface area contributed by atoms with Gasteiger partial charge in [0.15, 0.2) is 0 Å². The Bertz CT molecular complexity index is 907. The number of aromatic nitrogens is 6. The average molecular weight is 254 g/mol. The van der Waals surface area contributed by atoms with Crippen molar-refractivity contribution in [3.63, 3.8) is 0 Å². The highest BCUT2D eigenvalue weighted by Crippen LogP contribution is 2.26. The summed E-state index contributed by atoms with van der Waals surface area (Å²) >= 11 is 0. The summed E-state index contributed by atoms with van der Waals surface area (Å²) in [6.45, 7) is 0. The molecule has 6 nitrogen and oxygen atoms in total. The van der Waals surface area contributed by atoms with Crippen molar-refractivity contribution in [1.82, 2.24) is 29.9 Å². The summed E-state index contributed by atoms with van der Waals surface area (Å²) in [4.78, 5) is 25.8. The van der Waals surface area contributed by atoms with E-state index in [4.69, 9.17) is 15.7 Å². The van der Waals surface area contributed by atoms with Gasteiger partial charge in [-0.15, -0.1) is 0 Å². The monoisotopic (exact) mass is 254 g/mol. The number of nitrogens with zero attached hydrogens (tertiary/aromatic N) is 6. The van der Waals surface area contributed by atoms with Gasteiger partial charge in [0.1, 0.15) is 48.8 Å². The fraction of sp³-hybridized carbons (Fsp3) is 0. The molecule has 0 spiro atoms. The molecule has 0 atom stereocenters. The van der Waals surface area contributed by atoms with E-state index in [2.05, 4.69) is 29.9 Å². The highest BCUT2D eigenvalue weighted by Gasteiger charge is 2.14. The van der Waals surface area contributed by atoms with Crippen molar-refractivity contribution in [1.29, 1.82) is 0 Å². The fourth-order valence-electron chi connectivity index (χ4n) is 2.17. The molecule has 0 unspecified atom stereocenters. The standard InChI is InChI=1S/C12H4B2N6/c13-5-3-17-9-7-8(16-2-1-15-7)10-12(11(9)19-5)20-6(14)4-18-10/h1-4H. The average Bonchev–Trinajstić information content (AvgIpc) is 2.47. The zero-order valence-electron chi connectivity index (χ0n) is 10.1. The van der Waals surface area contributed by atoms with Gasteiger partial charge in [0.25, 0.3) is 0 Å². The lowest BCUT2D eigenvalue weighted by Crippen LogP contribution is -2.13. The zero-order valence-corrected chi connectivity index (χ0v) is 10.1. The van der Waals surface area contributed by atoms with Gasteiger partial charge in [0, 0.05) is 36.0 Å². The lowest BCUT2D eigenvalue weighted by molar-refractivity contribution is 1.26. The summed E-state index contributed by atoms with van der Waals surface area (Å²) in [7, 11) is 11.4. The molecule has 88 valence electrons. The van der Waals surface area contributed by atoms with Crippen LogP contribution >= 0.6 is 0 Å². The van der Waals surface area contributed by atoms with E-state index in [0.717, 1.165) is 0 Å². The maximum Gasteiger partial charge on any atom is 0.143 e. The van der Waals surface area contributed by atoms with Crippen molar-refractivity contribution >= 4 is 60.0 Å². The van der Waals surface area contributed by atoms with Crippen molar-refractivity contribution in [2.45, 2.75) is 0 Å². The summed E-state index contributed by atoms with van der Waals surface area (Å²) in [5, 5.41) is 0. The van der Waals surface area contributed by atoms with Crippen molar-refractivity contribution < 1.29 is 0 Å². The predicted octanol–water partition coefficient (Wildman–Crippen LogP) is -0.896. The summed E-state index contributed by atoms with van der Waals surface area (Å²) < 4.78 is 0. The fourth-order valence-corrected chi connectivity index (χ4v) is 2.17. The summed E-state index contributed by atoms with van der Waals surface area (Å²) in [5.74, 6) is 0. The molecule has 0 saturated carbocycles. The van der Waals surface area contributed by atoms with Gasteiger partial charge in [-0.25, -0.2) is 0 Å². The smallest absolute Gasteiger partial charge is 0.143 e. The van der Waals surface area contributed by atoms with E-state index in [1.165, 1.54) is 12.4 Å². The molecule has 8 heteroatoms. The Labute approximate surface area is 115 Å². The second-order valence-corrected chi connectivity index (χ2v) is 4.24. The maximum atomic E-state index is 5.71. The van der Waals surface area contributed by atoms with Crippen LogP contribution in [0.15, 0.2) is 24.8 Å². The van der Waals surface area contributed by atoms with Crippen LogP contribution in [0.2, 0.25) is 0 Å². The van der Waals surface area contributed by atoms with E-state index >= 15 is 0 Å². The molecule has 0 bridgehead atoms. The van der Waals surface area contributed by atoms with Crippen LogP contribution in [0.3, 0.4) is 0 Å². The minimum Gasteiger partial charge on any atom is -0.259 e. The zero-order chi connectivity index (χ0) is 13.7. The molecular weight excluding hydrogens is 250 g/mol. The van der Waals surface area contributed by atoms with Crippen LogP contribution in [-0.2, 0) is 0 Å². The topological polar surface area (TPSA) is 77.3 Å². The molecule has 4 rings (SSSR count). The molecular formula is C12H4B2N6. The molecule has 1 aromatic carbocycles. The Morgan fingerprint density at radius 3 is 1.40 bits per heavy atom. The maximum absolute atomic E-state index is 5.71. The summed E-state index contributed by atoms with van der Waals surface area (Å²) in [6.07, 6.45) is 6.14. The van der Waals surface area contributed by atoms with Gasteiger partial charge in [0.2, 0.25) is 0 Å². The second-order valence-electron chi connectivity index (χ2n) is 4.24. The van der Waals surface area contributed by atoms with E-state index in [-0.39, 0.29) is 0 Å². The van der Waals surface area contributed by atoms with E-state index in [0.29, 0.717) is 44.3 Å². The Hall–Kier alpha value is -2.63. The molecule has 0 amide bonds. The third-order valence-electron chi connectivity index (χ3n) is 2.95. The third kappa shape index (κ3) is 1.48. The summed E-state index contributed by atoms with van der Waals surface area (Å²) in [6, 6.07) is 0. The van der Waals surface area contributed by atoms with Crippen LogP contribution in [0.1, 0.15) is 0 Å². The highest BCUT2D eigenvalue weighted by atomic mass is 14.9. The van der Waals surface area contributed by atoms with Crippen LogP contribution in [-0.4, -0.2) is 45.6 Å². The number of benzene rings is 1. The van der Waals surface area contributed by atoms with E-state index in [1.807, 2.05) is 0 Å². The third-order valence-corrected chi connectivity index (χ3v) is 2.95. The van der Waals surface area contributed by atoms with Gasteiger partial charge in [-0.3, -0.25) is 29.9 Å². The Balaban J connectivity index is 2.41. The van der Waals surface area contributed by atoms with Crippen molar-refractivity contribution in [3.05, 3.63) is 24.8 Å². The van der Waals surface area contributed by atoms with E-state index < -0.39 is 0 Å². The second kappa shape index (κ2) is 3.93. The first-order valence-corrected chi connectivity index (χ1v) is 5.81. The first kappa shape index (κ1) is 11.2. The SMILES string of the molecule is [B]c1cnc2c3nccnc3c3ncc([B])nc3c2n1. The van der Waals surface area contributed by atoms with Gasteiger partial charge >= 0.3 is 0 Å². The van der Waals surface area contributed by atoms with Crippen LogP contribution in [0.5, 0.6) is 0 Å². The molecule has 0 aliphatic carbocycles. The molecule has 0 saturated heterocycles. The minimum atomic E-state index is 0.297. The molecule has 20 heavy (non-hydrogen) atoms. The van der Waals surface area contributed by atoms with Crippen LogP contribution < -0.4 is 11.2 Å². The molecule has 4 aromatic rings. The van der Waals surface area contributed by atoms with Crippen molar-refractivity contribution in [3.8, 4) is 0 Å². The van der Waals surface area contributed by atoms with Crippen LogP contribution in [0.25, 0.3) is 33.1 Å². The highest BCUT2D eigenvalue weighted by molar-refractivity contribution is 6.32. The Kier molecular flexibility index (Phi) is 2.20. The van der Waals surface area contributed by atoms with E-state index in [1.54, 1.807) is 12.4 Å². The quantitative estimate of drug-likeness (QED) is 0.299. The van der Waals surface area contributed by atoms with Gasteiger partial charge < -0.3 is 0 Å². The van der Waals surface area contributed by atoms with Gasteiger partial charge in [-0.05, 0) is 0 Å². The normalized spacial score (nSPS) is 11.4. The van der Waals surface area contributed by atoms with Crippen molar-refractivity contribution in [2.24, 2.45) is 0 Å². The van der Waals surface area contributed by atoms with Crippen molar-refractivity contribution in [2.75, 3.05) is 0 Å². The molecule has 0 N–H and O–H groups in total. The molecule has 0 aliphatic heterocycles. The Morgan fingerprint density at radius 2 is 0.950 bits per heavy atom. The predicted molar refractivity (Wildman–Crippen MR) is 76.5 cm³/mol. The first-order valence-electron chi connectivity index (χ1n) is 5.81. The van der Waals surface area contributed by atoms with Crippen LogP contribution in [0.4, 0.5) is 0 Å². The minimum absolute atomic E-state index is 0.297. The number of hydrogen-bond donors (Lipinski definition) is 0. The van der Waals surface area contributed by atoms with Gasteiger partial charge in [0.05, 0.1) is 0 Å². The van der Waals surface area contributed by atoms with Gasteiger partial charge in [-0.1, -0.05) is 0 Å². The van der Waals surface area contributed by atoms with Gasteiger partial charge in [-0.2, -0.15) is 0 Å². The molecule has 3 heterocycles. The number of rotatable bonds is 0. The lowest BCUT2D eigenvalue weighted by Gasteiger charge is -2.07. The molecule has 4 radical (unpaired) electrons. The van der Waals surface area contributed by atoms with Crippen LogP contribution in [0, 0.1) is 0 Å². The number of fused-ring (bicyclic) bond motifs is 6. The first-order chi connectivity index (χ1) is 9.74. The largest absolute Gasteiger partial charge is 0.259 e. The molecule has 0 fully saturated rings. The lowest BCUT2D eigenvalue weighted by atomic mass is 10.0.